The number of aromatic nitrogens is 2. The smallest absolute Gasteiger partial charge is 0.412 e. The van der Waals surface area contributed by atoms with Gasteiger partial charge in [-0.1, -0.05) is 0 Å². The number of nitrogens with zero attached hydrogens (tertiary/aromatic N) is 2. The maximum absolute atomic E-state index is 13.3. The van der Waals surface area contributed by atoms with Crippen LogP contribution in [0, 0.1) is 11.6 Å². The molecule has 0 saturated carbocycles. The van der Waals surface area contributed by atoms with E-state index in [9.17, 15) is 23.2 Å². The number of hydrogen-bond acceptors (Lipinski definition) is 6. The molecular formula is C15H12F2N4O5. The van der Waals surface area contributed by atoms with E-state index in [1.54, 1.807) is 6.92 Å². The predicted octanol–water partition coefficient (Wildman–Crippen LogP) is 2.27. The summed E-state index contributed by atoms with van der Waals surface area (Å²) in [5.74, 6) is -5.15. The molecule has 0 spiro atoms. The summed E-state index contributed by atoms with van der Waals surface area (Å²) in [5, 5.41) is 20.5. The number of nitrogens with one attached hydrogen (secondary N) is 2. The first-order valence-corrected chi connectivity index (χ1v) is 7.13. The van der Waals surface area contributed by atoms with Crippen molar-refractivity contribution in [1.29, 1.82) is 0 Å². The minimum atomic E-state index is -1.56. The summed E-state index contributed by atoms with van der Waals surface area (Å²) in [4.78, 5) is 34.4. The number of benzene rings is 1. The van der Waals surface area contributed by atoms with Crippen LogP contribution in [0.15, 0.2) is 24.3 Å². The number of carbonyl (C=O) groups is 3. The Morgan fingerprint density at radius 1 is 1.12 bits per heavy atom. The second-order valence-corrected chi connectivity index (χ2v) is 4.72. The number of ether oxygens (including phenoxy) is 1. The molecule has 0 unspecified atom stereocenters. The van der Waals surface area contributed by atoms with Gasteiger partial charge < -0.3 is 15.2 Å². The lowest BCUT2D eigenvalue weighted by atomic mass is 10.1. The number of rotatable bonds is 5. The highest BCUT2D eigenvalue weighted by molar-refractivity contribution is 6.06. The third kappa shape index (κ3) is 4.47. The Bertz CT molecular complexity index is 858. The number of carboxylic acid groups (broad SMARTS) is 1. The van der Waals surface area contributed by atoms with Crippen molar-refractivity contribution in [2.24, 2.45) is 0 Å². The van der Waals surface area contributed by atoms with E-state index >= 15 is 0 Å². The van der Waals surface area contributed by atoms with Crippen molar-refractivity contribution >= 4 is 29.5 Å². The number of carbonyl (C=O) groups excluding carboxylic acids is 2. The van der Waals surface area contributed by atoms with E-state index in [0.717, 1.165) is 0 Å². The van der Waals surface area contributed by atoms with Crippen molar-refractivity contribution in [2.45, 2.75) is 6.92 Å². The highest BCUT2D eigenvalue weighted by atomic mass is 19.2. The average Bonchev–Trinajstić information content (AvgIpc) is 2.58. The van der Waals surface area contributed by atoms with Crippen molar-refractivity contribution in [3.05, 3.63) is 47.2 Å². The van der Waals surface area contributed by atoms with E-state index < -0.39 is 40.9 Å². The fraction of sp³-hybridized carbons (Fsp3) is 0.133. The lowest BCUT2D eigenvalue weighted by Crippen LogP contribution is -2.18. The average molecular weight is 366 g/mol. The molecule has 0 aliphatic rings. The van der Waals surface area contributed by atoms with Crippen molar-refractivity contribution in [2.75, 3.05) is 17.2 Å². The van der Waals surface area contributed by atoms with Gasteiger partial charge in [0.05, 0.1) is 17.9 Å². The summed E-state index contributed by atoms with van der Waals surface area (Å²) < 4.78 is 31.1. The molecule has 0 aliphatic carbocycles. The summed E-state index contributed by atoms with van der Waals surface area (Å²) in [5.41, 5.74) is -1.33. The highest BCUT2D eigenvalue weighted by Gasteiger charge is 2.18. The van der Waals surface area contributed by atoms with Crippen molar-refractivity contribution in [3.63, 3.8) is 0 Å². The number of carboxylic acids is 1. The Hall–Kier alpha value is -3.63. The van der Waals surface area contributed by atoms with Crippen LogP contribution in [0.25, 0.3) is 0 Å². The molecule has 11 heteroatoms. The maximum atomic E-state index is 13.3. The van der Waals surface area contributed by atoms with Gasteiger partial charge >= 0.3 is 12.1 Å². The lowest BCUT2D eigenvalue weighted by Gasteiger charge is -2.09. The molecule has 2 rings (SSSR count). The van der Waals surface area contributed by atoms with Crippen LogP contribution in [-0.4, -0.2) is 39.9 Å². The lowest BCUT2D eigenvalue weighted by molar-refractivity contribution is 0.0697. The zero-order valence-electron chi connectivity index (χ0n) is 13.2. The normalized spacial score (nSPS) is 10.1. The zero-order valence-corrected chi connectivity index (χ0v) is 13.2. The summed E-state index contributed by atoms with van der Waals surface area (Å²) in [6.07, 6.45) is -0.758. The molecular weight excluding hydrogens is 354 g/mol. The predicted molar refractivity (Wildman–Crippen MR) is 83.9 cm³/mol. The van der Waals surface area contributed by atoms with E-state index in [0.29, 0.717) is 12.1 Å². The van der Waals surface area contributed by atoms with Crippen LogP contribution in [0.4, 0.5) is 25.1 Å². The first-order valence-electron chi connectivity index (χ1n) is 7.13. The van der Waals surface area contributed by atoms with Crippen LogP contribution < -0.4 is 10.6 Å². The van der Waals surface area contributed by atoms with Crippen molar-refractivity contribution in [1.82, 2.24) is 10.2 Å². The summed E-state index contributed by atoms with van der Waals surface area (Å²) in [7, 11) is 0. The molecule has 26 heavy (non-hydrogen) atoms. The third-order valence-electron chi connectivity index (χ3n) is 2.94. The quantitative estimate of drug-likeness (QED) is 0.740. The van der Waals surface area contributed by atoms with Crippen molar-refractivity contribution in [3.8, 4) is 0 Å². The van der Waals surface area contributed by atoms with Gasteiger partial charge in [0.2, 0.25) is 0 Å². The monoisotopic (exact) mass is 366 g/mol. The SMILES string of the molecule is CCOC(=O)Nc1ccc(C(=O)Nc2cc(F)c(F)cc2C(=O)O)nn1. The Balaban J connectivity index is 2.17. The minimum absolute atomic E-state index is 0.0130. The van der Waals surface area contributed by atoms with Gasteiger partial charge in [-0.05, 0) is 25.1 Å². The molecule has 0 atom stereocenters. The fourth-order valence-corrected chi connectivity index (χ4v) is 1.81. The Kier molecular flexibility index (Phi) is 5.73. The van der Waals surface area contributed by atoms with E-state index in [4.69, 9.17) is 5.11 Å². The topological polar surface area (TPSA) is 131 Å². The van der Waals surface area contributed by atoms with Gasteiger partial charge in [0.15, 0.2) is 23.1 Å². The first-order chi connectivity index (χ1) is 12.3. The molecule has 0 aliphatic heterocycles. The minimum Gasteiger partial charge on any atom is -0.478 e. The van der Waals surface area contributed by atoms with Gasteiger partial charge in [0.25, 0.3) is 5.91 Å². The van der Waals surface area contributed by atoms with Crippen LogP contribution in [0.2, 0.25) is 0 Å². The van der Waals surface area contributed by atoms with Crippen LogP contribution in [0.5, 0.6) is 0 Å². The number of hydrogen-bond donors (Lipinski definition) is 3. The second kappa shape index (κ2) is 7.96. The first kappa shape index (κ1) is 18.7. The van der Waals surface area contributed by atoms with Gasteiger partial charge in [-0.2, -0.15) is 0 Å². The molecule has 2 amide bonds. The molecule has 1 aromatic carbocycles. The van der Waals surface area contributed by atoms with E-state index in [1.165, 1.54) is 12.1 Å². The molecule has 1 aromatic heterocycles. The van der Waals surface area contributed by atoms with Crippen LogP contribution in [-0.2, 0) is 4.74 Å². The zero-order chi connectivity index (χ0) is 19.3. The van der Waals surface area contributed by atoms with Gasteiger partial charge in [0.1, 0.15) is 0 Å². The summed E-state index contributed by atoms with van der Waals surface area (Å²) in [6.45, 7) is 1.77. The van der Waals surface area contributed by atoms with Gasteiger partial charge in [0, 0.05) is 6.07 Å². The second-order valence-electron chi connectivity index (χ2n) is 4.72. The van der Waals surface area contributed by atoms with Gasteiger partial charge in [-0.3, -0.25) is 10.1 Å². The number of halogens is 2. The Labute approximate surface area is 145 Å². The van der Waals surface area contributed by atoms with E-state index in [2.05, 4.69) is 25.6 Å². The number of anilines is 2. The van der Waals surface area contributed by atoms with E-state index in [-0.39, 0.29) is 18.1 Å². The molecule has 0 radical (unpaired) electrons. The highest BCUT2D eigenvalue weighted by Crippen LogP contribution is 2.21. The van der Waals surface area contributed by atoms with E-state index in [1.807, 2.05) is 0 Å². The summed E-state index contributed by atoms with van der Waals surface area (Å²) >= 11 is 0. The Morgan fingerprint density at radius 2 is 1.81 bits per heavy atom. The third-order valence-corrected chi connectivity index (χ3v) is 2.94. The van der Waals surface area contributed by atoms with Crippen LogP contribution >= 0.6 is 0 Å². The summed E-state index contributed by atoms with van der Waals surface area (Å²) in [6, 6.07) is 3.43. The molecule has 2 aromatic rings. The molecule has 9 nitrogen and oxygen atoms in total. The molecule has 1 heterocycles. The van der Waals surface area contributed by atoms with Gasteiger partial charge in [-0.15, -0.1) is 10.2 Å². The molecule has 0 bridgehead atoms. The Morgan fingerprint density at radius 3 is 2.38 bits per heavy atom. The van der Waals surface area contributed by atoms with Crippen molar-refractivity contribution < 1.29 is 33.0 Å². The molecule has 3 N–H and O–H groups in total. The number of aromatic carboxylic acids is 1. The fourth-order valence-electron chi connectivity index (χ4n) is 1.81. The van der Waals surface area contributed by atoms with Crippen LogP contribution in [0.3, 0.4) is 0 Å². The van der Waals surface area contributed by atoms with Crippen LogP contribution in [0.1, 0.15) is 27.8 Å². The molecule has 0 saturated heterocycles. The standard InChI is InChI=1S/C15H12F2N4O5/c1-2-26-15(25)19-12-4-3-10(20-21-12)13(22)18-11-6-9(17)8(16)5-7(11)14(23)24/h3-6H,2H2,1H3,(H,18,22)(H,23,24)(H,19,21,25). The maximum Gasteiger partial charge on any atom is 0.412 e. The number of amides is 2. The molecule has 136 valence electrons. The molecule has 0 fully saturated rings. The van der Waals surface area contributed by atoms with Gasteiger partial charge in [-0.25, -0.2) is 18.4 Å². The largest absolute Gasteiger partial charge is 0.478 e.